The van der Waals surface area contributed by atoms with Gasteiger partial charge in [0.25, 0.3) is 0 Å². The van der Waals surface area contributed by atoms with Gasteiger partial charge in [-0.05, 0) is 53.4 Å². The number of benzene rings is 1. The minimum absolute atomic E-state index is 0.0184. The molecule has 0 aromatic heterocycles. The molecule has 1 aromatic rings. The van der Waals surface area contributed by atoms with Crippen LogP contribution in [0.25, 0.3) is 0 Å². The SMILES string of the molecule is O=S(=O)(NC1CCCC(C(F)(F)F)C1)c1ccc(Br)cc1Br. The normalized spacial score (nSPS) is 23.5. The maximum absolute atomic E-state index is 12.8. The molecule has 124 valence electrons. The van der Waals surface area contributed by atoms with Gasteiger partial charge in [0, 0.05) is 15.0 Å². The Morgan fingerprint density at radius 3 is 2.45 bits per heavy atom. The zero-order chi connectivity index (χ0) is 16.5. The molecule has 9 heteroatoms. The van der Waals surface area contributed by atoms with Crippen molar-refractivity contribution in [1.82, 2.24) is 4.72 Å². The van der Waals surface area contributed by atoms with E-state index in [-0.39, 0.29) is 17.7 Å². The van der Waals surface area contributed by atoms with E-state index in [0.717, 1.165) is 0 Å². The molecule has 1 aliphatic rings. The first-order chi connectivity index (χ1) is 10.1. The minimum Gasteiger partial charge on any atom is -0.208 e. The Kier molecular flexibility index (Phi) is 5.62. The van der Waals surface area contributed by atoms with Crippen molar-refractivity contribution in [2.45, 2.75) is 42.8 Å². The van der Waals surface area contributed by atoms with Crippen LogP contribution in [0, 0.1) is 5.92 Å². The molecule has 1 aromatic carbocycles. The van der Waals surface area contributed by atoms with Crippen LogP contribution in [0.2, 0.25) is 0 Å². The molecule has 0 bridgehead atoms. The van der Waals surface area contributed by atoms with Crippen LogP contribution in [0.15, 0.2) is 32.0 Å². The molecule has 1 aliphatic carbocycles. The maximum Gasteiger partial charge on any atom is 0.391 e. The third kappa shape index (κ3) is 4.46. The van der Waals surface area contributed by atoms with E-state index in [4.69, 9.17) is 0 Å². The van der Waals surface area contributed by atoms with E-state index in [0.29, 0.717) is 21.8 Å². The number of rotatable bonds is 3. The molecule has 0 heterocycles. The second-order valence-corrected chi connectivity index (χ2v) is 8.75. The van der Waals surface area contributed by atoms with E-state index in [1.165, 1.54) is 6.07 Å². The third-order valence-electron chi connectivity index (χ3n) is 3.64. The predicted octanol–water partition coefficient (Wildman–Crippen LogP) is 4.61. The molecular formula is C13H14Br2F3NO2S. The summed E-state index contributed by atoms with van der Waals surface area (Å²) in [6.07, 6.45) is -3.65. The zero-order valence-corrected chi connectivity index (χ0v) is 15.3. The summed E-state index contributed by atoms with van der Waals surface area (Å²) in [4.78, 5) is 0.0184. The maximum atomic E-state index is 12.8. The van der Waals surface area contributed by atoms with Crippen molar-refractivity contribution in [3.8, 4) is 0 Å². The van der Waals surface area contributed by atoms with Gasteiger partial charge in [0.2, 0.25) is 10.0 Å². The first-order valence-electron chi connectivity index (χ1n) is 6.63. The summed E-state index contributed by atoms with van der Waals surface area (Å²) in [5.74, 6) is -1.44. The van der Waals surface area contributed by atoms with Gasteiger partial charge in [-0.25, -0.2) is 13.1 Å². The van der Waals surface area contributed by atoms with Crippen molar-refractivity contribution < 1.29 is 21.6 Å². The summed E-state index contributed by atoms with van der Waals surface area (Å²) < 4.78 is 66.5. The van der Waals surface area contributed by atoms with Crippen molar-refractivity contribution in [2.24, 2.45) is 5.92 Å². The van der Waals surface area contributed by atoms with Gasteiger partial charge in [0.15, 0.2) is 0 Å². The standard InChI is InChI=1S/C13H14Br2F3NO2S/c14-9-4-5-12(11(15)7-9)22(20,21)19-10-3-1-2-8(6-10)13(16,17)18/h4-5,7-8,10,19H,1-3,6H2. The van der Waals surface area contributed by atoms with E-state index in [2.05, 4.69) is 36.6 Å². The summed E-state index contributed by atoms with van der Waals surface area (Å²) in [6.45, 7) is 0. The molecule has 0 amide bonds. The van der Waals surface area contributed by atoms with Crippen molar-refractivity contribution in [1.29, 1.82) is 0 Å². The van der Waals surface area contributed by atoms with Crippen LogP contribution >= 0.6 is 31.9 Å². The van der Waals surface area contributed by atoms with Crippen LogP contribution in [-0.2, 0) is 10.0 Å². The largest absolute Gasteiger partial charge is 0.391 e. The smallest absolute Gasteiger partial charge is 0.208 e. The summed E-state index contributed by atoms with van der Waals surface area (Å²) in [7, 11) is -3.86. The van der Waals surface area contributed by atoms with E-state index in [9.17, 15) is 21.6 Å². The average molecular weight is 465 g/mol. The molecular weight excluding hydrogens is 451 g/mol. The molecule has 0 radical (unpaired) electrons. The van der Waals surface area contributed by atoms with Crippen LogP contribution in [0.5, 0.6) is 0 Å². The van der Waals surface area contributed by atoms with Crippen molar-refractivity contribution >= 4 is 41.9 Å². The lowest BCUT2D eigenvalue weighted by atomic mass is 9.86. The molecule has 1 saturated carbocycles. The van der Waals surface area contributed by atoms with Gasteiger partial charge in [-0.1, -0.05) is 22.4 Å². The van der Waals surface area contributed by atoms with Gasteiger partial charge in [0.1, 0.15) is 0 Å². The van der Waals surface area contributed by atoms with E-state index in [1.54, 1.807) is 12.1 Å². The van der Waals surface area contributed by atoms with Gasteiger partial charge in [-0.15, -0.1) is 0 Å². The highest BCUT2D eigenvalue weighted by molar-refractivity contribution is 9.11. The van der Waals surface area contributed by atoms with Crippen LogP contribution in [0.1, 0.15) is 25.7 Å². The Bertz CT molecular complexity index is 649. The Morgan fingerprint density at radius 1 is 1.18 bits per heavy atom. The van der Waals surface area contributed by atoms with Crippen LogP contribution < -0.4 is 4.72 Å². The molecule has 1 fully saturated rings. The van der Waals surface area contributed by atoms with Crippen molar-refractivity contribution in [2.75, 3.05) is 0 Å². The second-order valence-electron chi connectivity index (χ2n) is 5.30. The Balaban J connectivity index is 2.15. The highest BCUT2D eigenvalue weighted by Crippen LogP contribution is 2.38. The minimum atomic E-state index is -4.28. The quantitative estimate of drug-likeness (QED) is 0.709. The number of hydrogen-bond acceptors (Lipinski definition) is 2. The van der Waals surface area contributed by atoms with Gasteiger partial charge < -0.3 is 0 Å². The Hall–Kier alpha value is -0.120. The number of alkyl halides is 3. The van der Waals surface area contributed by atoms with Gasteiger partial charge in [-0.3, -0.25) is 0 Å². The van der Waals surface area contributed by atoms with Crippen molar-refractivity contribution in [3.63, 3.8) is 0 Å². The Morgan fingerprint density at radius 2 is 1.86 bits per heavy atom. The van der Waals surface area contributed by atoms with E-state index in [1.807, 2.05) is 0 Å². The van der Waals surface area contributed by atoms with Gasteiger partial charge >= 0.3 is 6.18 Å². The highest BCUT2D eigenvalue weighted by Gasteiger charge is 2.42. The Labute approximate surface area is 144 Å². The average Bonchev–Trinajstić information content (AvgIpc) is 2.36. The summed E-state index contributed by atoms with van der Waals surface area (Å²) in [6, 6.07) is 3.86. The molecule has 22 heavy (non-hydrogen) atoms. The van der Waals surface area contributed by atoms with E-state index >= 15 is 0 Å². The molecule has 2 unspecified atom stereocenters. The predicted molar refractivity (Wildman–Crippen MR) is 84.0 cm³/mol. The number of sulfonamides is 1. The lowest BCUT2D eigenvalue weighted by Gasteiger charge is -2.30. The number of halogens is 5. The zero-order valence-electron chi connectivity index (χ0n) is 11.3. The molecule has 0 aliphatic heterocycles. The molecule has 2 atom stereocenters. The van der Waals surface area contributed by atoms with Crippen molar-refractivity contribution in [3.05, 3.63) is 27.1 Å². The van der Waals surface area contributed by atoms with Gasteiger partial charge in [-0.2, -0.15) is 13.2 Å². The summed E-state index contributed by atoms with van der Waals surface area (Å²) >= 11 is 6.38. The first-order valence-corrected chi connectivity index (χ1v) is 9.70. The fourth-order valence-corrected chi connectivity index (χ4v) is 5.60. The summed E-state index contributed by atoms with van der Waals surface area (Å²) in [5, 5.41) is 0. The molecule has 0 saturated heterocycles. The molecule has 2 rings (SSSR count). The topological polar surface area (TPSA) is 46.2 Å². The first kappa shape index (κ1) is 18.2. The third-order valence-corrected chi connectivity index (χ3v) is 6.63. The van der Waals surface area contributed by atoms with E-state index < -0.39 is 28.2 Å². The molecule has 0 spiro atoms. The van der Waals surface area contributed by atoms with Crippen LogP contribution in [-0.4, -0.2) is 20.6 Å². The lowest BCUT2D eigenvalue weighted by molar-refractivity contribution is -0.183. The molecule has 1 N–H and O–H groups in total. The highest BCUT2D eigenvalue weighted by atomic mass is 79.9. The number of nitrogens with one attached hydrogen (secondary N) is 1. The van der Waals surface area contributed by atoms with Crippen LogP contribution in [0.4, 0.5) is 13.2 Å². The lowest BCUT2D eigenvalue weighted by Crippen LogP contribution is -2.41. The fourth-order valence-electron chi connectivity index (χ4n) is 2.57. The second kappa shape index (κ2) is 6.78. The summed E-state index contributed by atoms with van der Waals surface area (Å²) in [5.41, 5.74) is 0. The monoisotopic (exact) mass is 463 g/mol. The number of hydrogen-bond donors (Lipinski definition) is 1. The van der Waals surface area contributed by atoms with Gasteiger partial charge in [0.05, 0.1) is 10.8 Å². The fraction of sp³-hybridized carbons (Fsp3) is 0.538. The van der Waals surface area contributed by atoms with Crippen LogP contribution in [0.3, 0.4) is 0 Å². The molecule has 3 nitrogen and oxygen atoms in total.